The fourth-order valence-electron chi connectivity index (χ4n) is 10.9. The average molecular weight is 1230 g/mol. The van der Waals surface area contributed by atoms with Crippen molar-refractivity contribution in [2.75, 3.05) is 23.9 Å². The average Bonchev–Trinajstić information content (AvgIpc) is 1.06. The topological polar surface area (TPSA) is 221 Å². The van der Waals surface area contributed by atoms with Gasteiger partial charge in [0.05, 0.1) is 24.3 Å². The summed E-state index contributed by atoms with van der Waals surface area (Å²) in [4.78, 5) is 78.5. The number of aromatic amines is 1. The monoisotopic (exact) mass is 1230 g/mol. The molecule has 0 radical (unpaired) electrons. The van der Waals surface area contributed by atoms with Crippen LogP contribution in [0.5, 0.6) is 5.75 Å². The molecule has 17 nitrogen and oxygen atoms in total. The van der Waals surface area contributed by atoms with Crippen molar-refractivity contribution in [2.45, 2.75) is 61.2 Å². The quantitative estimate of drug-likeness (QED) is 0.0201. The molecule has 3 amide bonds. The van der Waals surface area contributed by atoms with Crippen LogP contribution in [0.15, 0.2) is 234 Å². The molecule has 0 saturated carbocycles. The van der Waals surface area contributed by atoms with Crippen LogP contribution in [0.3, 0.4) is 0 Å². The van der Waals surface area contributed by atoms with E-state index in [1.165, 1.54) is 29.2 Å². The minimum atomic E-state index is -4.16. The summed E-state index contributed by atoms with van der Waals surface area (Å²) in [5.41, 5.74) is 1.82. The lowest BCUT2D eigenvalue weighted by atomic mass is 9.69. The maximum atomic E-state index is 15.1. The van der Waals surface area contributed by atoms with Gasteiger partial charge in [-0.2, -0.15) is 0 Å². The van der Waals surface area contributed by atoms with Crippen LogP contribution in [0.2, 0.25) is 0 Å². The summed E-state index contributed by atoms with van der Waals surface area (Å²) in [6, 6.07) is 63.3. The Morgan fingerprint density at radius 3 is 1.70 bits per heavy atom. The molecule has 1 unspecified atom stereocenters. The van der Waals surface area contributed by atoms with Crippen molar-refractivity contribution in [3.8, 4) is 5.75 Å². The van der Waals surface area contributed by atoms with Crippen LogP contribution in [0.25, 0.3) is 0 Å². The second-order valence-electron chi connectivity index (χ2n) is 21.8. The molecule has 446 valence electrons. The zero-order valence-electron chi connectivity index (χ0n) is 48.4. The molecule has 88 heavy (non-hydrogen) atoms. The summed E-state index contributed by atoms with van der Waals surface area (Å²) in [7, 11) is -2.63. The normalized spacial score (nSPS) is 15.3. The Bertz CT molecular complexity index is 3930. The van der Waals surface area contributed by atoms with Crippen LogP contribution >= 0.6 is 23.1 Å². The van der Waals surface area contributed by atoms with Gasteiger partial charge in [-0.05, 0) is 60.7 Å². The molecule has 1 saturated heterocycles. The number of thiazole rings is 1. The molecule has 20 heteroatoms. The minimum Gasteiger partial charge on any atom is -0.497 e. The molecule has 11 rings (SSSR count). The number of aromatic nitrogens is 3. The first-order valence-corrected chi connectivity index (χ1v) is 31.9. The number of H-pyrrole nitrogens is 1. The number of esters is 1. The third-order valence-electron chi connectivity index (χ3n) is 14.8. The van der Waals surface area contributed by atoms with Crippen molar-refractivity contribution in [3.63, 3.8) is 0 Å². The first-order valence-electron chi connectivity index (χ1n) is 28.1. The largest absolute Gasteiger partial charge is 0.497 e. The van der Waals surface area contributed by atoms with Crippen LogP contribution in [0.4, 0.5) is 9.93 Å². The van der Waals surface area contributed by atoms with Gasteiger partial charge in [0.15, 0.2) is 20.7 Å². The third kappa shape index (κ3) is 12.6. The van der Waals surface area contributed by atoms with E-state index in [-0.39, 0.29) is 45.9 Å². The van der Waals surface area contributed by atoms with Crippen LogP contribution in [0.1, 0.15) is 76.9 Å². The number of hydrogen-bond donors (Lipinski definition) is 3. The van der Waals surface area contributed by atoms with Gasteiger partial charge in [0.1, 0.15) is 52.0 Å². The highest BCUT2D eigenvalue weighted by atomic mass is 32.2. The Morgan fingerprint density at radius 2 is 1.20 bits per heavy atom. The number of imidazole rings is 1. The number of methoxy groups -OCH3 is 1. The summed E-state index contributed by atoms with van der Waals surface area (Å²) in [6.07, 6.45) is 0.810. The number of anilines is 1. The maximum absolute atomic E-state index is 15.1. The zero-order chi connectivity index (χ0) is 61.5. The van der Waals surface area contributed by atoms with Gasteiger partial charge in [-0.25, -0.2) is 28.0 Å². The number of rotatable bonds is 21. The molecule has 3 N–H and O–H groups in total. The predicted molar refractivity (Wildman–Crippen MR) is 338 cm³/mol. The molecule has 2 atom stereocenters. The van der Waals surface area contributed by atoms with Crippen molar-refractivity contribution < 1.29 is 46.6 Å². The number of carbonyl (C=O) groups is 4. The van der Waals surface area contributed by atoms with Crippen molar-refractivity contribution in [3.05, 3.63) is 285 Å². The van der Waals surface area contributed by atoms with Crippen molar-refractivity contribution >= 4 is 67.7 Å². The number of fused-ring (bicyclic) bond motifs is 1. The number of benzene rings is 7. The summed E-state index contributed by atoms with van der Waals surface area (Å²) < 4.78 is 46.1. The van der Waals surface area contributed by atoms with E-state index in [1.54, 1.807) is 51.2 Å². The van der Waals surface area contributed by atoms with E-state index in [0.29, 0.717) is 33.8 Å². The molecule has 2 aromatic heterocycles. The van der Waals surface area contributed by atoms with Gasteiger partial charge in [-0.15, -0.1) is 23.1 Å². The highest BCUT2D eigenvalue weighted by Crippen LogP contribution is 2.46. The first-order chi connectivity index (χ1) is 42.6. The second kappa shape index (κ2) is 25.8. The van der Waals surface area contributed by atoms with E-state index >= 15 is 4.79 Å². The summed E-state index contributed by atoms with van der Waals surface area (Å²) in [6.45, 7) is 4.94. The SMILES string of the molecule is COc1ccc(COC(=O)C2=C(CS(=O)(=O)Cc3c[nH]c(C(c4ccccc4)(c4ccccc4)c4ccccc4)n3)CS[C@@H]3C(NC(=O)/C(=N\OC(c4ccccc4)(c4ccccc4)c4ccccc4)c4csc(NC(=O)OC(C)(C)C)n4)C(=O)N23)cc1. The number of oxime groups is 1. The highest BCUT2D eigenvalue weighted by Gasteiger charge is 2.55. The molecule has 9 aromatic rings. The highest BCUT2D eigenvalue weighted by molar-refractivity contribution is 8.00. The van der Waals surface area contributed by atoms with Gasteiger partial charge in [0.25, 0.3) is 11.8 Å². The second-order valence-corrected chi connectivity index (χ2v) is 25.9. The van der Waals surface area contributed by atoms with Gasteiger partial charge in [0, 0.05) is 34.0 Å². The van der Waals surface area contributed by atoms with E-state index in [4.69, 9.17) is 24.0 Å². The van der Waals surface area contributed by atoms with E-state index < -0.39 is 73.3 Å². The van der Waals surface area contributed by atoms with Crippen molar-refractivity contribution in [2.24, 2.45) is 5.16 Å². The summed E-state index contributed by atoms with van der Waals surface area (Å²) in [5.74, 6) is -2.65. The number of thioether (sulfide) groups is 1. The standard InChI is InChI=1S/C68H61N7O10S3/c1-66(2,3)84-65(79)73-64-71-55(42-87-64)56(74-85-68(50-29-17-8-18-30-50,51-31-19-9-20-32-51)52-33-21-10-22-34-52)59(76)72-57-60(77)75-58(62(78)83-40-45-35-37-54(82-4)38-36-45)46(41-86-61(57)75)43-88(80,81)44-53-39-69-63(70-53)67(47-23-11-5-12-24-47,48-25-13-6-14-26-48)49-27-15-7-16-28-49/h5-39,42,57,61H,40-41,43-44H2,1-4H3,(H,69,70)(H,72,76)(H,71,73,79)/b74-56-/t57?,61-/m1/s1. The van der Waals surface area contributed by atoms with E-state index in [2.05, 4.69) is 25.8 Å². The van der Waals surface area contributed by atoms with Gasteiger partial charge in [-0.3, -0.25) is 19.8 Å². The molecule has 2 aliphatic rings. The minimum absolute atomic E-state index is 0.0123. The number of amides is 3. The Morgan fingerprint density at radius 1 is 0.693 bits per heavy atom. The number of β-lactam (4-membered cyclic amide) rings is 1. The third-order valence-corrected chi connectivity index (χ3v) is 18.4. The molecule has 0 aliphatic carbocycles. The van der Waals surface area contributed by atoms with Crippen LogP contribution < -0.4 is 15.4 Å². The van der Waals surface area contributed by atoms with Crippen LogP contribution in [0, 0.1) is 0 Å². The number of nitrogens with one attached hydrogen (secondary N) is 3. The van der Waals surface area contributed by atoms with Crippen molar-refractivity contribution in [1.29, 1.82) is 0 Å². The molecule has 2 aliphatic heterocycles. The molecule has 1 fully saturated rings. The fraction of sp³-hybridized carbons (Fsp3) is 0.191. The lowest BCUT2D eigenvalue weighted by molar-refractivity contribution is -0.153. The van der Waals surface area contributed by atoms with Crippen LogP contribution in [-0.4, -0.2) is 93.5 Å². The number of nitrogens with zero attached hydrogens (tertiary/aromatic N) is 4. The van der Waals surface area contributed by atoms with Gasteiger partial charge < -0.3 is 29.3 Å². The fourth-order valence-corrected chi connectivity index (χ4v) is 14.5. The Balaban J connectivity index is 0.920. The molecular weight excluding hydrogens is 1170 g/mol. The first kappa shape index (κ1) is 60.1. The molecule has 4 heterocycles. The number of sulfone groups is 1. The Labute approximate surface area is 517 Å². The summed E-state index contributed by atoms with van der Waals surface area (Å²) >= 11 is 2.18. The smallest absolute Gasteiger partial charge is 0.413 e. The summed E-state index contributed by atoms with van der Waals surface area (Å²) in [5, 5.41) is 10.8. The van der Waals surface area contributed by atoms with Gasteiger partial charge >= 0.3 is 12.1 Å². The molecule has 0 spiro atoms. The van der Waals surface area contributed by atoms with E-state index in [1.807, 2.05) is 182 Å². The zero-order valence-corrected chi connectivity index (χ0v) is 50.8. The Kier molecular flexibility index (Phi) is 17.6. The predicted octanol–water partition coefficient (Wildman–Crippen LogP) is 11.3. The lowest BCUT2D eigenvalue weighted by Gasteiger charge is -2.49. The molecular formula is C68H61N7O10S3. The van der Waals surface area contributed by atoms with Crippen molar-refractivity contribution in [1.82, 2.24) is 25.2 Å². The lowest BCUT2D eigenvalue weighted by Crippen LogP contribution is -2.71. The van der Waals surface area contributed by atoms with Gasteiger partial charge in [-0.1, -0.05) is 199 Å². The number of ether oxygens (including phenoxy) is 3. The molecule has 0 bridgehead atoms. The maximum Gasteiger partial charge on any atom is 0.413 e. The number of carbonyl (C=O) groups excluding carboxylic acids is 4. The van der Waals surface area contributed by atoms with E-state index in [0.717, 1.165) is 28.0 Å². The molecule has 7 aromatic carbocycles. The number of hydrogen-bond acceptors (Lipinski definition) is 15. The van der Waals surface area contributed by atoms with Crippen LogP contribution in [-0.2, 0) is 61.9 Å². The van der Waals surface area contributed by atoms with E-state index in [9.17, 15) is 22.8 Å². The van der Waals surface area contributed by atoms with Gasteiger partial charge in [0.2, 0.25) is 5.60 Å². The Hall–Kier alpha value is -9.63.